The lowest BCUT2D eigenvalue weighted by molar-refractivity contribution is 0.513. The minimum Gasteiger partial charge on any atom is -0.304 e. The first-order valence-corrected chi connectivity index (χ1v) is 4.50. The summed E-state index contributed by atoms with van der Waals surface area (Å²) in [5.41, 5.74) is 2.58. The van der Waals surface area contributed by atoms with Gasteiger partial charge < -0.3 is 5.32 Å². The Kier molecular flexibility index (Phi) is 1.68. The first kappa shape index (κ1) is 7.80. The van der Waals surface area contributed by atoms with Gasteiger partial charge in [0.1, 0.15) is 0 Å². The second kappa shape index (κ2) is 2.59. The van der Waals surface area contributed by atoms with Crippen LogP contribution in [0.5, 0.6) is 0 Å². The molecule has 66 valence electrons. The lowest BCUT2D eigenvalue weighted by Crippen LogP contribution is -2.10. The van der Waals surface area contributed by atoms with Crippen molar-refractivity contribution in [2.75, 3.05) is 0 Å². The zero-order valence-corrected chi connectivity index (χ0v) is 7.83. The number of nitrogens with one attached hydrogen (secondary N) is 1. The number of hydrogen-bond donors (Lipinski definition) is 1. The van der Waals surface area contributed by atoms with Crippen molar-refractivity contribution in [3.05, 3.63) is 17.5 Å². The summed E-state index contributed by atoms with van der Waals surface area (Å²) in [5.74, 6) is 0. The lowest BCUT2D eigenvalue weighted by Gasteiger charge is -2.06. The van der Waals surface area contributed by atoms with Gasteiger partial charge in [0.2, 0.25) is 0 Å². The van der Waals surface area contributed by atoms with Crippen LogP contribution in [-0.4, -0.2) is 9.78 Å². The van der Waals surface area contributed by atoms with Crippen molar-refractivity contribution in [2.45, 2.75) is 39.4 Å². The van der Waals surface area contributed by atoms with Crippen LogP contribution in [0.25, 0.3) is 0 Å². The van der Waals surface area contributed by atoms with Gasteiger partial charge in [-0.15, -0.1) is 0 Å². The minimum absolute atomic E-state index is 0.475. The first-order valence-electron chi connectivity index (χ1n) is 4.50. The summed E-state index contributed by atoms with van der Waals surface area (Å²) in [7, 11) is 0. The predicted octanol–water partition coefficient (Wildman–Crippen LogP) is 1.63. The van der Waals surface area contributed by atoms with Crippen LogP contribution >= 0.6 is 0 Å². The van der Waals surface area contributed by atoms with Crippen LogP contribution < -0.4 is 5.32 Å². The van der Waals surface area contributed by atoms with Crippen molar-refractivity contribution < 1.29 is 0 Å². The fourth-order valence-electron chi connectivity index (χ4n) is 1.57. The maximum atomic E-state index is 4.49. The molecule has 1 aliphatic heterocycles. The molecule has 0 saturated carbocycles. The molecule has 0 saturated heterocycles. The summed E-state index contributed by atoms with van der Waals surface area (Å²) in [6, 6.07) is 0.954. The van der Waals surface area contributed by atoms with Crippen molar-refractivity contribution in [1.29, 1.82) is 0 Å². The highest BCUT2D eigenvalue weighted by Crippen LogP contribution is 2.24. The summed E-state index contributed by atoms with van der Waals surface area (Å²) in [5, 5.41) is 7.85. The Hall–Kier alpha value is -0.830. The molecule has 12 heavy (non-hydrogen) atoms. The SMILES string of the molecule is CC1NCc2nn(C(C)C)cc21. The Morgan fingerprint density at radius 1 is 1.67 bits per heavy atom. The van der Waals surface area contributed by atoms with E-state index in [1.54, 1.807) is 0 Å². The average molecular weight is 165 g/mol. The molecule has 0 fully saturated rings. The molecule has 0 aromatic carbocycles. The molecule has 1 atom stereocenters. The van der Waals surface area contributed by atoms with E-state index in [-0.39, 0.29) is 0 Å². The van der Waals surface area contributed by atoms with Gasteiger partial charge in [-0.2, -0.15) is 5.10 Å². The van der Waals surface area contributed by atoms with Crippen molar-refractivity contribution in [3.63, 3.8) is 0 Å². The van der Waals surface area contributed by atoms with Crippen molar-refractivity contribution in [3.8, 4) is 0 Å². The fourth-order valence-corrected chi connectivity index (χ4v) is 1.57. The number of rotatable bonds is 1. The second-order valence-corrected chi connectivity index (χ2v) is 3.71. The Morgan fingerprint density at radius 2 is 2.42 bits per heavy atom. The van der Waals surface area contributed by atoms with E-state index >= 15 is 0 Å². The monoisotopic (exact) mass is 165 g/mol. The second-order valence-electron chi connectivity index (χ2n) is 3.71. The summed E-state index contributed by atoms with van der Waals surface area (Å²) >= 11 is 0. The van der Waals surface area contributed by atoms with Gasteiger partial charge in [-0.3, -0.25) is 4.68 Å². The summed E-state index contributed by atoms with van der Waals surface area (Å²) in [4.78, 5) is 0. The number of hydrogen-bond acceptors (Lipinski definition) is 2. The molecule has 1 aliphatic rings. The Labute approximate surface area is 72.8 Å². The fraction of sp³-hybridized carbons (Fsp3) is 0.667. The van der Waals surface area contributed by atoms with E-state index in [9.17, 15) is 0 Å². The molecule has 1 aromatic rings. The highest BCUT2D eigenvalue weighted by atomic mass is 15.3. The third-order valence-electron chi connectivity index (χ3n) is 2.41. The van der Waals surface area contributed by atoms with Gasteiger partial charge in [-0.05, 0) is 20.8 Å². The van der Waals surface area contributed by atoms with Crippen LogP contribution in [0.3, 0.4) is 0 Å². The third kappa shape index (κ3) is 1.05. The van der Waals surface area contributed by atoms with Crippen molar-refractivity contribution >= 4 is 0 Å². The van der Waals surface area contributed by atoms with E-state index in [0.717, 1.165) is 6.54 Å². The smallest absolute Gasteiger partial charge is 0.0810 e. The molecule has 1 unspecified atom stereocenters. The zero-order valence-electron chi connectivity index (χ0n) is 7.83. The zero-order chi connectivity index (χ0) is 8.72. The first-order chi connectivity index (χ1) is 5.68. The van der Waals surface area contributed by atoms with E-state index in [2.05, 4.69) is 37.4 Å². The topological polar surface area (TPSA) is 29.9 Å². The molecule has 0 spiro atoms. The molecule has 2 heterocycles. The van der Waals surface area contributed by atoms with Crippen LogP contribution in [0.2, 0.25) is 0 Å². The number of aromatic nitrogens is 2. The minimum atomic E-state index is 0.475. The van der Waals surface area contributed by atoms with E-state index in [4.69, 9.17) is 0 Å². The quantitative estimate of drug-likeness (QED) is 0.685. The van der Waals surface area contributed by atoms with Gasteiger partial charge >= 0.3 is 0 Å². The Bertz CT molecular complexity index is 288. The molecule has 0 amide bonds. The Balaban J connectivity index is 2.36. The third-order valence-corrected chi connectivity index (χ3v) is 2.41. The van der Waals surface area contributed by atoms with E-state index in [1.165, 1.54) is 11.3 Å². The highest BCUT2D eigenvalue weighted by Gasteiger charge is 2.21. The molecular weight excluding hydrogens is 150 g/mol. The van der Waals surface area contributed by atoms with Crippen LogP contribution in [-0.2, 0) is 6.54 Å². The van der Waals surface area contributed by atoms with Gasteiger partial charge in [-0.25, -0.2) is 0 Å². The van der Waals surface area contributed by atoms with Gasteiger partial charge in [-0.1, -0.05) is 0 Å². The average Bonchev–Trinajstić information content (AvgIpc) is 2.53. The molecule has 3 heteroatoms. The van der Waals surface area contributed by atoms with E-state index < -0.39 is 0 Å². The van der Waals surface area contributed by atoms with Crippen LogP contribution in [0.15, 0.2) is 6.20 Å². The van der Waals surface area contributed by atoms with Gasteiger partial charge in [0.15, 0.2) is 0 Å². The van der Waals surface area contributed by atoms with E-state index in [1.807, 2.05) is 4.68 Å². The lowest BCUT2D eigenvalue weighted by atomic mass is 10.2. The highest BCUT2D eigenvalue weighted by molar-refractivity contribution is 5.25. The molecule has 1 aromatic heterocycles. The maximum absolute atomic E-state index is 4.49. The molecule has 0 aliphatic carbocycles. The molecule has 0 bridgehead atoms. The van der Waals surface area contributed by atoms with Crippen molar-refractivity contribution in [1.82, 2.24) is 15.1 Å². The van der Waals surface area contributed by atoms with Crippen LogP contribution in [0.1, 0.15) is 44.1 Å². The Morgan fingerprint density at radius 3 is 3.00 bits per heavy atom. The standard InChI is InChI=1S/C9H15N3/c1-6(2)12-5-8-7(3)10-4-9(8)11-12/h5-7,10H,4H2,1-3H3. The summed E-state index contributed by atoms with van der Waals surface area (Å²) in [6.45, 7) is 7.41. The largest absolute Gasteiger partial charge is 0.304 e. The van der Waals surface area contributed by atoms with E-state index in [0.29, 0.717) is 12.1 Å². The molecule has 1 N–H and O–H groups in total. The van der Waals surface area contributed by atoms with Gasteiger partial charge in [0.25, 0.3) is 0 Å². The van der Waals surface area contributed by atoms with Crippen LogP contribution in [0.4, 0.5) is 0 Å². The predicted molar refractivity (Wildman–Crippen MR) is 47.9 cm³/mol. The molecule has 3 nitrogen and oxygen atoms in total. The normalized spacial score (nSPS) is 21.8. The van der Waals surface area contributed by atoms with Gasteiger partial charge in [0, 0.05) is 30.4 Å². The number of fused-ring (bicyclic) bond motifs is 1. The maximum Gasteiger partial charge on any atom is 0.0810 e. The molecular formula is C9H15N3. The summed E-state index contributed by atoms with van der Waals surface area (Å²) < 4.78 is 2.04. The molecule has 2 rings (SSSR count). The molecule has 0 radical (unpaired) electrons. The number of nitrogens with zero attached hydrogens (tertiary/aromatic N) is 2. The van der Waals surface area contributed by atoms with Crippen LogP contribution in [0, 0.1) is 0 Å². The summed E-state index contributed by atoms with van der Waals surface area (Å²) in [6.07, 6.45) is 2.16. The van der Waals surface area contributed by atoms with Crippen molar-refractivity contribution in [2.24, 2.45) is 0 Å². The van der Waals surface area contributed by atoms with Gasteiger partial charge in [0.05, 0.1) is 5.69 Å².